The van der Waals surface area contributed by atoms with Crippen LogP contribution < -0.4 is 0 Å². The van der Waals surface area contributed by atoms with Crippen molar-refractivity contribution < 1.29 is 18.3 Å². The average molecular weight is 286 g/mol. The van der Waals surface area contributed by atoms with Crippen LogP contribution in [0.15, 0.2) is 23.4 Å². The summed E-state index contributed by atoms with van der Waals surface area (Å²) in [5.41, 5.74) is -0.0430. The minimum absolute atomic E-state index is 0.0430. The Morgan fingerprint density at radius 2 is 1.89 bits per heavy atom. The van der Waals surface area contributed by atoms with Gasteiger partial charge >= 0.3 is 5.97 Å². The van der Waals surface area contributed by atoms with E-state index in [1.165, 1.54) is 23.5 Å². The average Bonchev–Trinajstić information content (AvgIpc) is 2.36. The van der Waals surface area contributed by atoms with Crippen LogP contribution in [0.25, 0.3) is 0 Å². The highest BCUT2D eigenvalue weighted by Gasteiger charge is 2.28. The molecule has 0 aliphatic rings. The smallest absolute Gasteiger partial charge is 0.337 e. The molecule has 0 amide bonds. The minimum atomic E-state index is -3.70. The predicted molar refractivity (Wildman–Crippen MR) is 70.4 cm³/mol. The van der Waals surface area contributed by atoms with Gasteiger partial charge in [-0.1, -0.05) is 13.8 Å². The third-order valence-electron chi connectivity index (χ3n) is 3.17. The molecular weight excluding hydrogens is 268 g/mol. The molecule has 0 radical (unpaired) electrons. The molecule has 1 heterocycles. The maximum atomic E-state index is 12.3. The van der Waals surface area contributed by atoms with E-state index in [0.717, 1.165) is 6.20 Å². The number of aromatic nitrogens is 1. The molecule has 0 fully saturated rings. The van der Waals surface area contributed by atoms with Crippen LogP contribution >= 0.6 is 0 Å². The summed E-state index contributed by atoms with van der Waals surface area (Å²) in [5.74, 6) is -0.974. The molecule has 1 aromatic heterocycles. The third-order valence-corrected chi connectivity index (χ3v) is 5.03. The summed E-state index contributed by atoms with van der Waals surface area (Å²) in [6, 6.07) is 2.27. The van der Waals surface area contributed by atoms with Crippen LogP contribution in [0.2, 0.25) is 0 Å². The van der Waals surface area contributed by atoms with Gasteiger partial charge in [0.2, 0.25) is 0 Å². The zero-order valence-corrected chi connectivity index (χ0v) is 12.2. The normalized spacial score (nSPS) is 13.8. The van der Waals surface area contributed by atoms with Crippen molar-refractivity contribution in [2.24, 2.45) is 5.92 Å². The van der Waals surface area contributed by atoms with Crippen LogP contribution in [0.3, 0.4) is 0 Å². The Bertz CT molecular complexity index is 552. The molecule has 7 heteroatoms. The van der Waals surface area contributed by atoms with Gasteiger partial charge in [-0.3, -0.25) is 0 Å². The van der Waals surface area contributed by atoms with Gasteiger partial charge in [-0.2, -0.15) is 4.31 Å². The van der Waals surface area contributed by atoms with Crippen LogP contribution in [0.1, 0.15) is 31.1 Å². The summed E-state index contributed by atoms with van der Waals surface area (Å²) in [6.45, 7) is 5.67. The SMILES string of the molecule is CC(C)C(C)N(C)S(=O)(=O)c1ccc(C(=O)O)cn1. The summed E-state index contributed by atoms with van der Waals surface area (Å²) in [4.78, 5) is 14.4. The van der Waals surface area contributed by atoms with E-state index in [1.54, 1.807) is 0 Å². The zero-order valence-electron chi connectivity index (χ0n) is 11.4. The van der Waals surface area contributed by atoms with Crippen molar-refractivity contribution in [2.75, 3.05) is 7.05 Å². The molecule has 19 heavy (non-hydrogen) atoms. The maximum Gasteiger partial charge on any atom is 0.337 e. The highest BCUT2D eigenvalue weighted by Crippen LogP contribution is 2.18. The first-order valence-corrected chi connectivity index (χ1v) is 7.29. The Balaban J connectivity index is 3.10. The maximum absolute atomic E-state index is 12.3. The molecule has 0 aromatic carbocycles. The van der Waals surface area contributed by atoms with Gasteiger partial charge in [-0.25, -0.2) is 18.2 Å². The fourth-order valence-corrected chi connectivity index (χ4v) is 2.85. The number of carboxylic acid groups (broad SMARTS) is 1. The number of sulfonamides is 1. The highest BCUT2D eigenvalue weighted by molar-refractivity contribution is 7.89. The molecule has 0 aliphatic carbocycles. The van der Waals surface area contributed by atoms with Crippen molar-refractivity contribution in [3.05, 3.63) is 23.9 Å². The summed E-state index contributed by atoms with van der Waals surface area (Å²) < 4.78 is 25.8. The molecule has 1 N–H and O–H groups in total. The molecular formula is C12H18N2O4S. The van der Waals surface area contributed by atoms with E-state index in [2.05, 4.69) is 4.98 Å². The molecule has 1 unspecified atom stereocenters. The number of rotatable bonds is 5. The number of pyridine rings is 1. The summed E-state index contributed by atoms with van der Waals surface area (Å²) in [7, 11) is -2.20. The van der Waals surface area contributed by atoms with E-state index in [9.17, 15) is 13.2 Å². The van der Waals surface area contributed by atoms with Gasteiger partial charge in [0.1, 0.15) is 0 Å². The van der Waals surface area contributed by atoms with Gasteiger partial charge < -0.3 is 5.11 Å². The van der Waals surface area contributed by atoms with Gasteiger partial charge in [0.15, 0.2) is 5.03 Å². The Morgan fingerprint density at radius 3 is 2.26 bits per heavy atom. The van der Waals surface area contributed by atoms with Gasteiger partial charge in [0.25, 0.3) is 10.0 Å². The van der Waals surface area contributed by atoms with E-state index >= 15 is 0 Å². The second kappa shape index (κ2) is 5.66. The van der Waals surface area contributed by atoms with Gasteiger partial charge in [0, 0.05) is 19.3 Å². The van der Waals surface area contributed by atoms with Crippen LogP contribution in [0, 0.1) is 5.92 Å². The summed E-state index contributed by atoms with van der Waals surface area (Å²) >= 11 is 0. The van der Waals surface area contributed by atoms with Gasteiger partial charge in [-0.05, 0) is 25.0 Å². The van der Waals surface area contributed by atoms with Crippen molar-refractivity contribution in [3.63, 3.8) is 0 Å². The lowest BCUT2D eigenvalue weighted by Gasteiger charge is -2.26. The minimum Gasteiger partial charge on any atom is -0.478 e. The molecule has 0 saturated heterocycles. The quantitative estimate of drug-likeness (QED) is 0.885. The first kappa shape index (κ1) is 15.6. The number of carboxylic acids is 1. The number of hydrogen-bond acceptors (Lipinski definition) is 4. The van der Waals surface area contributed by atoms with Gasteiger partial charge in [0.05, 0.1) is 5.56 Å². The largest absolute Gasteiger partial charge is 0.478 e. The monoisotopic (exact) mass is 286 g/mol. The standard InChI is InChI=1S/C12H18N2O4S/c1-8(2)9(3)14(4)19(17,18)11-6-5-10(7-13-11)12(15)16/h5-9H,1-4H3,(H,15,16). The molecule has 1 atom stereocenters. The number of hydrogen-bond donors (Lipinski definition) is 1. The molecule has 0 aliphatic heterocycles. The number of aromatic carboxylic acids is 1. The fraction of sp³-hybridized carbons (Fsp3) is 0.500. The van der Waals surface area contributed by atoms with Crippen LogP contribution in [-0.4, -0.2) is 41.9 Å². The lowest BCUT2D eigenvalue weighted by atomic mass is 10.1. The molecule has 106 valence electrons. The van der Waals surface area contributed by atoms with E-state index < -0.39 is 16.0 Å². The zero-order chi connectivity index (χ0) is 14.8. The lowest BCUT2D eigenvalue weighted by molar-refractivity contribution is 0.0696. The van der Waals surface area contributed by atoms with E-state index in [4.69, 9.17) is 5.11 Å². The molecule has 1 aromatic rings. The molecule has 1 rings (SSSR count). The van der Waals surface area contributed by atoms with Crippen LogP contribution in [0.4, 0.5) is 0 Å². The summed E-state index contributed by atoms with van der Waals surface area (Å²) in [5, 5.41) is 8.60. The molecule has 6 nitrogen and oxygen atoms in total. The summed E-state index contributed by atoms with van der Waals surface area (Å²) in [6.07, 6.45) is 1.04. The third kappa shape index (κ3) is 3.30. The molecule has 0 saturated carbocycles. The van der Waals surface area contributed by atoms with E-state index in [-0.39, 0.29) is 22.5 Å². The van der Waals surface area contributed by atoms with Crippen LogP contribution in [-0.2, 0) is 10.0 Å². The Hall–Kier alpha value is -1.47. The molecule has 0 bridgehead atoms. The topological polar surface area (TPSA) is 87.6 Å². The second-order valence-corrected chi connectivity index (χ2v) is 6.64. The first-order valence-electron chi connectivity index (χ1n) is 5.85. The highest BCUT2D eigenvalue weighted by atomic mass is 32.2. The van der Waals surface area contributed by atoms with E-state index in [1.807, 2.05) is 20.8 Å². The van der Waals surface area contributed by atoms with Gasteiger partial charge in [-0.15, -0.1) is 0 Å². The Kier molecular flexibility index (Phi) is 4.65. The Morgan fingerprint density at radius 1 is 1.32 bits per heavy atom. The lowest BCUT2D eigenvalue weighted by Crippen LogP contribution is -2.38. The fourth-order valence-electron chi connectivity index (χ4n) is 1.45. The number of carbonyl (C=O) groups is 1. The van der Waals surface area contributed by atoms with Crippen LogP contribution in [0.5, 0.6) is 0 Å². The first-order chi connectivity index (χ1) is 8.67. The molecule has 0 spiro atoms. The number of nitrogens with zero attached hydrogens (tertiary/aromatic N) is 2. The van der Waals surface area contributed by atoms with Crippen molar-refractivity contribution in [1.29, 1.82) is 0 Å². The second-order valence-electron chi connectivity index (χ2n) is 4.70. The van der Waals surface area contributed by atoms with Crippen molar-refractivity contribution in [2.45, 2.75) is 31.8 Å². The van der Waals surface area contributed by atoms with E-state index in [0.29, 0.717) is 0 Å². The predicted octanol–water partition coefficient (Wildman–Crippen LogP) is 1.44. The van der Waals surface area contributed by atoms with Crippen molar-refractivity contribution in [3.8, 4) is 0 Å². The Labute approximate surface area is 113 Å². The van der Waals surface area contributed by atoms with Crippen molar-refractivity contribution in [1.82, 2.24) is 9.29 Å². The van der Waals surface area contributed by atoms with Crippen molar-refractivity contribution >= 4 is 16.0 Å².